The van der Waals surface area contributed by atoms with Crippen LogP contribution in [0.15, 0.2) is 23.8 Å². The van der Waals surface area contributed by atoms with Gasteiger partial charge in [0.1, 0.15) is 5.57 Å². The number of aromatic hydroxyl groups is 2. The molecule has 1 aliphatic rings. The molecular weight excluding hydrogens is 252 g/mol. The van der Waals surface area contributed by atoms with Gasteiger partial charge in [-0.15, -0.1) is 0 Å². The van der Waals surface area contributed by atoms with Crippen LogP contribution in [-0.4, -0.2) is 40.0 Å². The molecule has 1 aliphatic heterocycles. The second-order valence-electron chi connectivity index (χ2n) is 3.93. The molecule has 0 radical (unpaired) electrons. The van der Waals surface area contributed by atoms with Crippen molar-refractivity contribution in [3.8, 4) is 11.5 Å². The van der Waals surface area contributed by atoms with Gasteiger partial charge in [-0.25, -0.2) is 4.79 Å². The first-order valence-electron chi connectivity index (χ1n) is 5.27. The summed E-state index contributed by atoms with van der Waals surface area (Å²) < 4.78 is 0. The van der Waals surface area contributed by atoms with Crippen molar-refractivity contribution >= 4 is 23.9 Å². The molecule has 0 aliphatic carbocycles. The lowest BCUT2D eigenvalue weighted by Gasteiger charge is -2.22. The Morgan fingerprint density at radius 1 is 1.16 bits per heavy atom. The molecular formula is C12H10N2O5. The zero-order valence-electron chi connectivity index (χ0n) is 9.88. The first-order chi connectivity index (χ1) is 8.90. The third-order valence-corrected chi connectivity index (χ3v) is 2.62. The summed E-state index contributed by atoms with van der Waals surface area (Å²) in [7, 11) is 1.24. The largest absolute Gasteiger partial charge is 0.504 e. The first-order valence-corrected chi connectivity index (χ1v) is 5.27. The molecule has 0 bridgehead atoms. The van der Waals surface area contributed by atoms with Crippen LogP contribution in [0, 0.1) is 0 Å². The summed E-state index contributed by atoms with van der Waals surface area (Å²) in [5.41, 5.74) is 0.115. The molecule has 1 heterocycles. The molecule has 0 saturated carbocycles. The van der Waals surface area contributed by atoms with Crippen LogP contribution in [0.4, 0.5) is 4.79 Å². The summed E-state index contributed by atoms with van der Waals surface area (Å²) >= 11 is 0. The monoisotopic (exact) mass is 262 g/mol. The highest BCUT2D eigenvalue weighted by Gasteiger charge is 2.32. The Bertz CT molecular complexity index is 621. The van der Waals surface area contributed by atoms with Crippen molar-refractivity contribution in [2.24, 2.45) is 0 Å². The van der Waals surface area contributed by atoms with E-state index in [1.807, 2.05) is 5.32 Å². The van der Waals surface area contributed by atoms with Crippen molar-refractivity contribution < 1.29 is 24.6 Å². The molecule has 4 amide bonds. The van der Waals surface area contributed by atoms with Crippen LogP contribution in [-0.2, 0) is 9.59 Å². The van der Waals surface area contributed by atoms with Gasteiger partial charge in [0, 0.05) is 7.05 Å². The average molecular weight is 262 g/mol. The number of urea groups is 1. The van der Waals surface area contributed by atoms with Crippen LogP contribution in [0.5, 0.6) is 11.5 Å². The standard InChI is InChI=1S/C12H10N2O5/c1-14-11(18)7(10(17)13-12(14)19)4-6-2-3-8(15)9(16)5-6/h2-5,15-16H,1H3,(H,13,17,19)/b7-4+. The van der Waals surface area contributed by atoms with E-state index >= 15 is 0 Å². The number of hydrogen-bond donors (Lipinski definition) is 3. The van der Waals surface area contributed by atoms with Crippen LogP contribution in [0.2, 0.25) is 0 Å². The Balaban J connectivity index is 2.41. The number of nitrogens with zero attached hydrogens (tertiary/aromatic N) is 1. The molecule has 98 valence electrons. The van der Waals surface area contributed by atoms with E-state index in [0.717, 1.165) is 4.90 Å². The van der Waals surface area contributed by atoms with E-state index in [1.54, 1.807) is 0 Å². The Morgan fingerprint density at radius 2 is 1.84 bits per heavy atom. The minimum absolute atomic E-state index is 0.229. The lowest BCUT2D eigenvalue weighted by molar-refractivity contribution is -0.129. The van der Waals surface area contributed by atoms with E-state index in [2.05, 4.69) is 0 Å². The van der Waals surface area contributed by atoms with Crippen LogP contribution in [0.3, 0.4) is 0 Å². The Kier molecular flexibility index (Phi) is 2.95. The summed E-state index contributed by atoms with van der Waals surface area (Å²) in [5, 5.41) is 20.5. The van der Waals surface area contributed by atoms with Crippen molar-refractivity contribution in [3.63, 3.8) is 0 Å². The van der Waals surface area contributed by atoms with Gasteiger partial charge < -0.3 is 10.2 Å². The predicted octanol–water partition coefficient (Wildman–Crippen LogP) is 0.189. The smallest absolute Gasteiger partial charge is 0.331 e. The molecule has 1 fully saturated rings. The molecule has 1 aromatic rings. The number of rotatable bonds is 1. The van der Waals surface area contributed by atoms with E-state index in [4.69, 9.17) is 5.11 Å². The molecule has 7 nitrogen and oxygen atoms in total. The summed E-state index contributed by atoms with van der Waals surface area (Å²) in [4.78, 5) is 35.3. The number of amides is 4. The number of hydrogen-bond acceptors (Lipinski definition) is 5. The summed E-state index contributed by atoms with van der Waals surface area (Å²) in [6.45, 7) is 0. The topological polar surface area (TPSA) is 107 Å². The fourth-order valence-electron chi connectivity index (χ4n) is 1.54. The van der Waals surface area contributed by atoms with E-state index in [0.29, 0.717) is 5.56 Å². The molecule has 0 spiro atoms. The number of carbonyl (C=O) groups excluding carboxylic acids is 3. The van der Waals surface area contributed by atoms with Crippen molar-refractivity contribution in [2.45, 2.75) is 0 Å². The number of benzene rings is 1. The van der Waals surface area contributed by atoms with Gasteiger partial charge in [0.25, 0.3) is 11.8 Å². The molecule has 2 rings (SSSR count). The minimum atomic E-state index is -0.805. The van der Waals surface area contributed by atoms with Gasteiger partial charge in [-0.3, -0.25) is 19.8 Å². The Morgan fingerprint density at radius 3 is 2.47 bits per heavy atom. The van der Waals surface area contributed by atoms with Gasteiger partial charge in [-0.1, -0.05) is 6.07 Å². The number of likely N-dealkylation sites (N-methyl/N-ethyl adjacent to an activating group) is 1. The van der Waals surface area contributed by atoms with Gasteiger partial charge in [-0.2, -0.15) is 0 Å². The zero-order chi connectivity index (χ0) is 14.2. The first kappa shape index (κ1) is 12.6. The quantitative estimate of drug-likeness (QED) is 0.380. The maximum atomic E-state index is 11.8. The number of phenolic OH excluding ortho intramolecular Hbond substituents is 2. The Labute approximate surface area is 107 Å². The van der Waals surface area contributed by atoms with Crippen molar-refractivity contribution in [1.82, 2.24) is 10.2 Å². The highest BCUT2D eigenvalue weighted by Crippen LogP contribution is 2.26. The molecule has 0 aromatic heterocycles. The average Bonchev–Trinajstić information content (AvgIpc) is 2.36. The molecule has 1 saturated heterocycles. The van der Waals surface area contributed by atoms with Gasteiger partial charge in [0.15, 0.2) is 11.5 Å². The van der Waals surface area contributed by atoms with Crippen molar-refractivity contribution in [2.75, 3.05) is 7.05 Å². The molecule has 1 aromatic carbocycles. The number of imide groups is 2. The molecule has 0 atom stereocenters. The van der Waals surface area contributed by atoms with Crippen LogP contribution < -0.4 is 5.32 Å². The number of barbiturate groups is 1. The zero-order valence-corrected chi connectivity index (χ0v) is 9.88. The lowest BCUT2D eigenvalue weighted by Crippen LogP contribution is -2.52. The summed E-state index contributed by atoms with van der Waals surface area (Å²) in [6, 6.07) is 3.04. The SMILES string of the molecule is CN1C(=O)NC(=O)/C(=C\c2ccc(O)c(O)c2)C1=O. The molecule has 3 N–H and O–H groups in total. The predicted molar refractivity (Wildman–Crippen MR) is 64.1 cm³/mol. The highest BCUT2D eigenvalue weighted by atomic mass is 16.3. The number of carbonyl (C=O) groups is 3. The van der Waals surface area contributed by atoms with Crippen molar-refractivity contribution in [3.05, 3.63) is 29.3 Å². The lowest BCUT2D eigenvalue weighted by atomic mass is 10.1. The minimum Gasteiger partial charge on any atom is -0.504 e. The van der Waals surface area contributed by atoms with Crippen molar-refractivity contribution in [1.29, 1.82) is 0 Å². The second kappa shape index (κ2) is 4.45. The van der Waals surface area contributed by atoms with E-state index in [9.17, 15) is 19.5 Å². The van der Waals surface area contributed by atoms with Gasteiger partial charge in [-0.05, 0) is 23.8 Å². The fourth-order valence-corrected chi connectivity index (χ4v) is 1.54. The van der Waals surface area contributed by atoms with Crippen LogP contribution in [0.25, 0.3) is 6.08 Å². The molecule has 0 unspecified atom stereocenters. The second-order valence-corrected chi connectivity index (χ2v) is 3.93. The molecule has 7 heteroatoms. The normalized spacial score (nSPS) is 17.8. The number of phenols is 2. The van der Waals surface area contributed by atoms with Gasteiger partial charge in [0.05, 0.1) is 0 Å². The van der Waals surface area contributed by atoms with Crippen LogP contribution in [0.1, 0.15) is 5.56 Å². The fraction of sp³-hybridized carbons (Fsp3) is 0.0833. The summed E-state index contributed by atoms with van der Waals surface area (Å²) in [6.07, 6.45) is 1.22. The van der Waals surface area contributed by atoms with Crippen LogP contribution >= 0.6 is 0 Å². The number of nitrogens with one attached hydrogen (secondary N) is 1. The van der Waals surface area contributed by atoms with E-state index in [1.165, 1.54) is 31.3 Å². The third kappa shape index (κ3) is 2.25. The van der Waals surface area contributed by atoms with E-state index in [-0.39, 0.29) is 17.1 Å². The highest BCUT2D eigenvalue weighted by molar-refractivity contribution is 6.30. The Hall–Kier alpha value is -2.83. The maximum absolute atomic E-state index is 11.8. The van der Waals surface area contributed by atoms with E-state index < -0.39 is 17.8 Å². The third-order valence-electron chi connectivity index (χ3n) is 2.62. The maximum Gasteiger partial charge on any atom is 0.331 e. The van der Waals surface area contributed by atoms with Gasteiger partial charge in [0.2, 0.25) is 0 Å². The molecule has 19 heavy (non-hydrogen) atoms. The van der Waals surface area contributed by atoms with Gasteiger partial charge >= 0.3 is 6.03 Å². The summed E-state index contributed by atoms with van der Waals surface area (Å²) in [5.74, 6) is -2.22.